The predicted octanol–water partition coefficient (Wildman–Crippen LogP) is 4.13. The van der Waals surface area contributed by atoms with Crippen LogP contribution in [0.1, 0.15) is 42.6 Å². The number of aromatic nitrogens is 2. The summed E-state index contributed by atoms with van der Waals surface area (Å²) in [6, 6.07) is 8.97. The van der Waals surface area contributed by atoms with E-state index in [-0.39, 0.29) is 5.91 Å². The Morgan fingerprint density at radius 2 is 1.83 bits per heavy atom. The summed E-state index contributed by atoms with van der Waals surface area (Å²) in [6.45, 7) is 0. The van der Waals surface area contributed by atoms with Crippen LogP contribution in [-0.4, -0.2) is 21.9 Å². The Morgan fingerprint density at radius 3 is 2.57 bits per heavy atom. The van der Waals surface area contributed by atoms with E-state index >= 15 is 0 Å². The molecule has 0 spiro atoms. The van der Waals surface area contributed by atoms with Gasteiger partial charge >= 0.3 is 0 Å². The van der Waals surface area contributed by atoms with Gasteiger partial charge < -0.3 is 10.6 Å². The van der Waals surface area contributed by atoms with Crippen LogP contribution in [0.5, 0.6) is 0 Å². The van der Waals surface area contributed by atoms with Crippen molar-refractivity contribution in [3.05, 3.63) is 47.2 Å². The highest BCUT2D eigenvalue weighted by atomic mass is 35.5. The van der Waals surface area contributed by atoms with Gasteiger partial charge in [-0.25, -0.2) is 9.97 Å². The van der Waals surface area contributed by atoms with E-state index in [4.69, 9.17) is 11.6 Å². The molecule has 1 amide bonds. The first-order valence-electron chi connectivity index (χ1n) is 7.87. The van der Waals surface area contributed by atoms with Crippen molar-refractivity contribution in [2.75, 3.05) is 10.6 Å². The molecule has 0 unspecified atom stereocenters. The summed E-state index contributed by atoms with van der Waals surface area (Å²) < 4.78 is 0. The number of nitrogens with zero attached hydrogens (tertiary/aromatic N) is 2. The molecule has 1 fully saturated rings. The molecule has 23 heavy (non-hydrogen) atoms. The Balaban J connectivity index is 1.66. The number of anilines is 2. The van der Waals surface area contributed by atoms with Gasteiger partial charge in [-0.15, -0.1) is 0 Å². The van der Waals surface area contributed by atoms with E-state index in [0.29, 0.717) is 28.4 Å². The van der Waals surface area contributed by atoms with E-state index in [0.717, 1.165) is 12.8 Å². The molecule has 2 N–H and O–H groups in total. The highest BCUT2D eigenvalue weighted by Gasteiger charge is 2.15. The van der Waals surface area contributed by atoms with Crippen LogP contribution in [0.3, 0.4) is 0 Å². The predicted molar refractivity (Wildman–Crippen MR) is 91.9 cm³/mol. The monoisotopic (exact) mass is 330 g/mol. The van der Waals surface area contributed by atoms with E-state index in [1.807, 2.05) is 0 Å². The van der Waals surface area contributed by atoms with Gasteiger partial charge in [0.05, 0.1) is 0 Å². The van der Waals surface area contributed by atoms with Gasteiger partial charge in [0.1, 0.15) is 5.69 Å². The Bertz CT molecular complexity index is 669. The van der Waals surface area contributed by atoms with Crippen LogP contribution in [0.25, 0.3) is 0 Å². The average molecular weight is 331 g/mol. The number of amides is 1. The van der Waals surface area contributed by atoms with Gasteiger partial charge in [0, 0.05) is 22.9 Å². The van der Waals surface area contributed by atoms with Gasteiger partial charge in [0.25, 0.3) is 5.91 Å². The maximum atomic E-state index is 12.3. The van der Waals surface area contributed by atoms with Crippen LogP contribution in [-0.2, 0) is 0 Å². The summed E-state index contributed by atoms with van der Waals surface area (Å²) in [5.41, 5.74) is 1.02. The third-order valence-corrected chi connectivity index (χ3v) is 4.18. The number of halogens is 1. The fourth-order valence-electron chi connectivity index (χ4n) is 2.71. The summed E-state index contributed by atoms with van der Waals surface area (Å²) >= 11 is 5.84. The normalized spacial score (nSPS) is 15.2. The Kier molecular flexibility index (Phi) is 5.08. The number of nitrogens with one attached hydrogen (secondary N) is 2. The maximum Gasteiger partial charge on any atom is 0.274 e. The molecule has 0 radical (unpaired) electrons. The SMILES string of the molecule is O=C(Nc1ccc(Cl)cc1)c1ccnc(NC2CCCCC2)n1. The van der Waals surface area contributed by atoms with E-state index in [2.05, 4.69) is 20.6 Å². The largest absolute Gasteiger partial charge is 0.351 e. The first kappa shape index (κ1) is 15.7. The first-order valence-corrected chi connectivity index (χ1v) is 8.25. The topological polar surface area (TPSA) is 66.9 Å². The van der Waals surface area contributed by atoms with Crippen molar-refractivity contribution < 1.29 is 4.79 Å². The number of rotatable bonds is 4. The number of hydrogen-bond acceptors (Lipinski definition) is 4. The van der Waals surface area contributed by atoms with Crippen LogP contribution in [0.15, 0.2) is 36.5 Å². The molecule has 2 aromatic rings. The van der Waals surface area contributed by atoms with Gasteiger partial charge in [0.2, 0.25) is 5.95 Å². The van der Waals surface area contributed by atoms with Crippen LogP contribution >= 0.6 is 11.6 Å². The average Bonchev–Trinajstić information content (AvgIpc) is 2.58. The quantitative estimate of drug-likeness (QED) is 0.884. The highest BCUT2D eigenvalue weighted by molar-refractivity contribution is 6.30. The number of benzene rings is 1. The lowest BCUT2D eigenvalue weighted by molar-refractivity contribution is 0.102. The Labute approximate surface area is 140 Å². The molecule has 1 aromatic heterocycles. The Morgan fingerprint density at radius 1 is 1.09 bits per heavy atom. The molecule has 1 aromatic carbocycles. The van der Waals surface area contributed by atoms with E-state index < -0.39 is 0 Å². The molecule has 0 bridgehead atoms. The lowest BCUT2D eigenvalue weighted by Gasteiger charge is -2.22. The molecule has 3 rings (SSSR count). The van der Waals surface area contributed by atoms with Crippen molar-refractivity contribution in [3.8, 4) is 0 Å². The molecule has 0 atom stereocenters. The zero-order chi connectivity index (χ0) is 16.1. The van der Waals surface area contributed by atoms with Gasteiger partial charge in [-0.3, -0.25) is 4.79 Å². The van der Waals surface area contributed by atoms with Crippen molar-refractivity contribution in [1.29, 1.82) is 0 Å². The van der Waals surface area contributed by atoms with E-state index in [9.17, 15) is 4.79 Å². The zero-order valence-corrected chi connectivity index (χ0v) is 13.5. The molecule has 6 heteroatoms. The van der Waals surface area contributed by atoms with Crippen LogP contribution in [0.4, 0.5) is 11.6 Å². The van der Waals surface area contributed by atoms with Crippen molar-refractivity contribution in [2.45, 2.75) is 38.1 Å². The molecule has 120 valence electrons. The summed E-state index contributed by atoms with van der Waals surface area (Å²) in [4.78, 5) is 20.8. The van der Waals surface area contributed by atoms with Gasteiger partial charge in [0.15, 0.2) is 0 Å². The summed E-state index contributed by atoms with van der Waals surface area (Å²) in [5.74, 6) is 0.252. The smallest absolute Gasteiger partial charge is 0.274 e. The summed E-state index contributed by atoms with van der Waals surface area (Å²) in [5, 5.41) is 6.76. The second-order valence-corrected chi connectivity index (χ2v) is 6.14. The van der Waals surface area contributed by atoms with Crippen molar-refractivity contribution in [2.24, 2.45) is 0 Å². The molecule has 5 nitrogen and oxygen atoms in total. The maximum absolute atomic E-state index is 12.3. The third kappa shape index (κ3) is 4.42. The van der Waals surface area contributed by atoms with E-state index in [1.54, 1.807) is 36.5 Å². The Hall–Kier alpha value is -2.14. The van der Waals surface area contributed by atoms with E-state index in [1.165, 1.54) is 19.3 Å². The van der Waals surface area contributed by atoms with Crippen molar-refractivity contribution in [1.82, 2.24) is 9.97 Å². The van der Waals surface area contributed by atoms with Crippen LogP contribution < -0.4 is 10.6 Å². The zero-order valence-electron chi connectivity index (χ0n) is 12.8. The summed E-state index contributed by atoms with van der Waals surface area (Å²) in [7, 11) is 0. The molecule has 1 aliphatic rings. The third-order valence-electron chi connectivity index (χ3n) is 3.93. The molecule has 1 saturated carbocycles. The molecule has 0 saturated heterocycles. The standard InChI is InChI=1S/C17H19ClN4O/c18-12-6-8-14(9-7-12)20-16(23)15-10-11-19-17(22-15)21-13-4-2-1-3-5-13/h6-11,13H,1-5H2,(H,20,23)(H,19,21,22). The molecule has 1 aliphatic carbocycles. The fourth-order valence-corrected chi connectivity index (χ4v) is 2.84. The first-order chi connectivity index (χ1) is 11.2. The second kappa shape index (κ2) is 7.42. The number of hydrogen-bond donors (Lipinski definition) is 2. The minimum absolute atomic E-state index is 0.263. The van der Waals surface area contributed by atoms with Gasteiger partial charge in [-0.1, -0.05) is 30.9 Å². The van der Waals surface area contributed by atoms with Gasteiger partial charge in [-0.2, -0.15) is 0 Å². The molecule has 0 aliphatic heterocycles. The molecule has 1 heterocycles. The van der Waals surface area contributed by atoms with Crippen molar-refractivity contribution in [3.63, 3.8) is 0 Å². The van der Waals surface area contributed by atoms with Crippen LogP contribution in [0.2, 0.25) is 5.02 Å². The number of carbonyl (C=O) groups excluding carboxylic acids is 1. The lowest BCUT2D eigenvalue weighted by atomic mass is 9.96. The second-order valence-electron chi connectivity index (χ2n) is 5.71. The van der Waals surface area contributed by atoms with Gasteiger partial charge in [-0.05, 0) is 43.2 Å². The summed E-state index contributed by atoms with van der Waals surface area (Å²) in [6.07, 6.45) is 7.62. The number of carbonyl (C=O) groups is 1. The highest BCUT2D eigenvalue weighted by Crippen LogP contribution is 2.20. The minimum Gasteiger partial charge on any atom is -0.351 e. The minimum atomic E-state index is -0.263. The van der Waals surface area contributed by atoms with Crippen LogP contribution in [0, 0.1) is 0 Å². The van der Waals surface area contributed by atoms with Crippen molar-refractivity contribution >= 4 is 29.1 Å². The molecular formula is C17H19ClN4O. The lowest BCUT2D eigenvalue weighted by Crippen LogP contribution is -2.24. The molecular weight excluding hydrogens is 312 g/mol. The fraction of sp³-hybridized carbons (Fsp3) is 0.353.